The van der Waals surface area contributed by atoms with Crippen molar-refractivity contribution in [3.05, 3.63) is 93.7 Å². The molecule has 2 heterocycles. The molecule has 1 aliphatic rings. The van der Waals surface area contributed by atoms with E-state index in [1.165, 1.54) is 5.56 Å². The Bertz CT molecular complexity index is 1500. The van der Waals surface area contributed by atoms with Gasteiger partial charge in [-0.1, -0.05) is 50.2 Å². The Balaban J connectivity index is 1.57. The van der Waals surface area contributed by atoms with E-state index in [1.54, 1.807) is 20.3 Å². The van der Waals surface area contributed by atoms with Crippen LogP contribution in [0.25, 0.3) is 11.3 Å². The predicted octanol–water partition coefficient (Wildman–Crippen LogP) is 6.33. The first-order valence-corrected chi connectivity index (χ1v) is 13.2. The van der Waals surface area contributed by atoms with E-state index in [0.29, 0.717) is 47.3 Å². The largest absolute Gasteiger partial charge is 0.507 e. The maximum absolute atomic E-state index is 13.8. The Morgan fingerprint density at radius 3 is 2.36 bits per heavy atom. The molecule has 1 atom stereocenters. The van der Waals surface area contributed by atoms with E-state index in [2.05, 4.69) is 48.3 Å². The first-order chi connectivity index (χ1) is 18.7. The lowest BCUT2D eigenvalue weighted by Crippen LogP contribution is -2.31. The lowest BCUT2D eigenvalue weighted by atomic mass is 9.92. The average Bonchev–Trinajstić information content (AvgIpc) is 3.45. The second-order valence-electron chi connectivity index (χ2n) is 10.5. The Hall–Kier alpha value is -4.26. The van der Waals surface area contributed by atoms with Crippen LogP contribution in [0.15, 0.2) is 54.6 Å². The van der Waals surface area contributed by atoms with Crippen LogP contribution in [-0.4, -0.2) is 46.9 Å². The van der Waals surface area contributed by atoms with Crippen LogP contribution in [0, 0.1) is 13.8 Å². The smallest absolute Gasteiger partial charge is 0.273 e. The van der Waals surface area contributed by atoms with Crippen molar-refractivity contribution < 1.29 is 19.4 Å². The zero-order chi connectivity index (χ0) is 27.8. The summed E-state index contributed by atoms with van der Waals surface area (Å²) in [6.45, 7) is 8.73. The minimum absolute atomic E-state index is 0.105. The third-order valence-electron chi connectivity index (χ3n) is 7.57. The molecule has 0 fully saturated rings. The normalized spacial score (nSPS) is 14.7. The van der Waals surface area contributed by atoms with Gasteiger partial charge in [0, 0.05) is 17.7 Å². The number of nitrogens with one attached hydrogen (secondary N) is 1. The molecule has 0 spiro atoms. The molecule has 1 aromatic heterocycles. The first-order valence-electron chi connectivity index (χ1n) is 13.2. The molecule has 2 N–H and O–H groups in total. The van der Waals surface area contributed by atoms with Crippen molar-refractivity contribution >= 4 is 5.91 Å². The fraction of sp³-hybridized carbons (Fsp3) is 0.312. The molecule has 7 heteroatoms. The molecule has 0 radical (unpaired) electrons. The van der Waals surface area contributed by atoms with E-state index in [1.807, 2.05) is 43.0 Å². The maximum Gasteiger partial charge on any atom is 0.273 e. The number of carbonyl (C=O) groups excluding carboxylic acids is 1. The number of carbonyl (C=O) groups is 1. The van der Waals surface area contributed by atoms with Gasteiger partial charge in [-0.2, -0.15) is 5.10 Å². The third kappa shape index (κ3) is 4.73. The minimum Gasteiger partial charge on any atom is -0.507 e. The van der Waals surface area contributed by atoms with Gasteiger partial charge in [0.1, 0.15) is 17.1 Å². The van der Waals surface area contributed by atoms with Gasteiger partial charge in [-0.15, -0.1) is 0 Å². The lowest BCUT2D eigenvalue weighted by molar-refractivity contribution is 0.0746. The average molecular weight is 526 g/mol. The fourth-order valence-electron chi connectivity index (χ4n) is 5.57. The van der Waals surface area contributed by atoms with Gasteiger partial charge in [0.05, 0.1) is 20.3 Å². The molecule has 0 saturated carbocycles. The molecule has 39 heavy (non-hydrogen) atoms. The summed E-state index contributed by atoms with van der Waals surface area (Å²) in [7, 11) is 3.23. The SMILES string of the molecule is COc1ccc(CCN2C(=O)c3[nH]nc(-c4c(C)cc(C)cc4O)c3C2c2ccc(C(C)C)cc2)cc1OC. The molecule has 7 nitrogen and oxygen atoms in total. The van der Waals surface area contributed by atoms with E-state index >= 15 is 0 Å². The third-order valence-corrected chi connectivity index (χ3v) is 7.57. The van der Waals surface area contributed by atoms with Crippen LogP contribution in [-0.2, 0) is 6.42 Å². The molecular weight excluding hydrogens is 490 g/mol. The Morgan fingerprint density at radius 1 is 1.00 bits per heavy atom. The standard InChI is InChI=1S/C32H35N3O4/c1-18(2)22-8-10-23(11-9-22)31-28-29(27-20(4)15-19(3)16-24(27)36)33-34-30(28)32(37)35(31)14-13-21-7-12-25(38-5)26(17-21)39-6/h7-12,15-18,31,36H,13-14H2,1-6H3,(H,33,34). The molecular formula is C32H35N3O4. The summed E-state index contributed by atoms with van der Waals surface area (Å²) < 4.78 is 10.9. The molecule has 0 bridgehead atoms. The lowest BCUT2D eigenvalue weighted by Gasteiger charge is -2.27. The van der Waals surface area contributed by atoms with Crippen LogP contribution >= 0.6 is 0 Å². The highest BCUT2D eigenvalue weighted by atomic mass is 16.5. The van der Waals surface area contributed by atoms with Crippen molar-refractivity contribution in [2.45, 2.75) is 46.1 Å². The number of fused-ring (bicyclic) bond motifs is 1. The fourth-order valence-corrected chi connectivity index (χ4v) is 5.57. The Labute approximate surface area is 229 Å². The highest BCUT2D eigenvalue weighted by molar-refractivity contribution is 6.00. The van der Waals surface area contributed by atoms with Crippen molar-refractivity contribution in [2.24, 2.45) is 0 Å². The number of benzene rings is 3. The number of aromatic hydroxyl groups is 1. The molecule has 5 rings (SSSR count). The summed E-state index contributed by atoms with van der Waals surface area (Å²) in [5, 5.41) is 18.5. The monoisotopic (exact) mass is 525 g/mol. The number of hydrogen-bond donors (Lipinski definition) is 2. The van der Waals surface area contributed by atoms with Crippen LogP contribution in [0.4, 0.5) is 0 Å². The number of rotatable bonds is 8. The summed E-state index contributed by atoms with van der Waals surface area (Å²) in [5.74, 6) is 1.78. The predicted molar refractivity (Wildman–Crippen MR) is 152 cm³/mol. The molecule has 1 unspecified atom stereocenters. The second-order valence-corrected chi connectivity index (χ2v) is 10.5. The van der Waals surface area contributed by atoms with Gasteiger partial charge < -0.3 is 19.5 Å². The van der Waals surface area contributed by atoms with Gasteiger partial charge in [-0.3, -0.25) is 9.89 Å². The number of aromatic amines is 1. The summed E-state index contributed by atoms with van der Waals surface area (Å²) >= 11 is 0. The number of H-pyrrole nitrogens is 1. The first kappa shape index (κ1) is 26.4. The van der Waals surface area contributed by atoms with E-state index in [4.69, 9.17) is 9.47 Å². The highest BCUT2D eigenvalue weighted by Crippen LogP contribution is 2.45. The van der Waals surface area contributed by atoms with Crippen molar-refractivity contribution in [1.82, 2.24) is 15.1 Å². The number of ether oxygens (including phenoxy) is 2. The van der Waals surface area contributed by atoms with Crippen LogP contribution in [0.2, 0.25) is 0 Å². The summed E-state index contributed by atoms with van der Waals surface area (Å²) in [6, 6.07) is 17.7. The quantitative estimate of drug-likeness (QED) is 0.281. The zero-order valence-corrected chi connectivity index (χ0v) is 23.3. The molecule has 1 aliphatic heterocycles. The molecule has 4 aromatic rings. The van der Waals surface area contributed by atoms with Crippen LogP contribution in [0.1, 0.15) is 69.7 Å². The summed E-state index contributed by atoms with van der Waals surface area (Å²) in [6.07, 6.45) is 0.633. The van der Waals surface area contributed by atoms with Crippen LogP contribution in [0.3, 0.4) is 0 Å². The van der Waals surface area contributed by atoms with Gasteiger partial charge in [0.15, 0.2) is 11.5 Å². The van der Waals surface area contributed by atoms with Gasteiger partial charge >= 0.3 is 0 Å². The topological polar surface area (TPSA) is 87.7 Å². The van der Waals surface area contributed by atoms with Gasteiger partial charge in [-0.05, 0) is 72.2 Å². The maximum atomic E-state index is 13.8. The molecule has 3 aromatic carbocycles. The van der Waals surface area contributed by atoms with Crippen molar-refractivity contribution in [1.29, 1.82) is 0 Å². The molecule has 202 valence electrons. The Morgan fingerprint density at radius 2 is 1.72 bits per heavy atom. The van der Waals surface area contributed by atoms with Crippen molar-refractivity contribution in [3.63, 3.8) is 0 Å². The number of amides is 1. The van der Waals surface area contributed by atoms with E-state index in [9.17, 15) is 9.90 Å². The van der Waals surface area contributed by atoms with Crippen LogP contribution < -0.4 is 9.47 Å². The Kier molecular flexibility index (Phi) is 7.08. The van der Waals surface area contributed by atoms with E-state index in [0.717, 1.165) is 27.8 Å². The van der Waals surface area contributed by atoms with Crippen molar-refractivity contribution in [3.8, 4) is 28.5 Å². The van der Waals surface area contributed by atoms with Crippen molar-refractivity contribution in [2.75, 3.05) is 20.8 Å². The molecule has 0 saturated heterocycles. The second kappa shape index (κ2) is 10.5. The highest BCUT2D eigenvalue weighted by Gasteiger charge is 2.42. The summed E-state index contributed by atoms with van der Waals surface area (Å²) in [4.78, 5) is 15.7. The number of hydrogen-bond acceptors (Lipinski definition) is 5. The number of nitrogens with zero attached hydrogens (tertiary/aromatic N) is 2. The molecule has 0 aliphatic carbocycles. The molecule has 1 amide bonds. The van der Waals surface area contributed by atoms with E-state index < -0.39 is 0 Å². The number of aryl methyl sites for hydroxylation is 2. The van der Waals surface area contributed by atoms with E-state index in [-0.39, 0.29) is 17.7 Å². The van der Waals surface area contributed by atoms with Crippen LogP contribution in [0.5, 0.6) is 17.2 Å². The van der Waals surface area contributed by atoms with Gasteiger partial charge in [-0.25, -0.2) is 0 Å². The van der Waals surface area contributed by atoms with Gasteiger partial charge in [0.2, 0.25) is 0 Å². The number of methoxy groups -OCH3 is 2. The van der Waals surface area contributed by atoms with Gasteiger partial charge in [0.25, 0.3) is 5.91 Å². The minimum atomic E-state index is -0.345. The zero-order valence-electron chi connectivity index (χ0n) is 23.3. The number of aromatic nitrogens is 2. The number of phenolic OH excluding ortho intramolecular Hbond substituents is 1. The number of phenols is 1. The summed E-state index contributed by atoms with van der Waals surface area (Å²) in [5.41, 5.74) is 7.68.